The van der Waals surface area contributed by atoms with Crippen molar-refractivity contribution < 1.29 is 30.9 Å². The first-order chi connectivity index (χ1) is 14.6. The van der Waals surface area contributed by atoms with Gasteiger partial charge in [0.25, 0.3) is 0 Å². The third-order valence-electron chi connectivity index (χ3n) is 5.24. The zero-order chi connectivity index (χ0) is 22.4. The zero-order valence-electron chi connectivity index (χ0n) is 16.4. The fraction of sp³-hybridized carbons (Fsp3) is 0.273. The summed E-state index contributed by atoms with van der Waals surface area (Å²) in [6, 6.07) is 8.92. The lowest BCUT2D eigenvalue weighted by molar-refractivity contribution is -0.138. The summed E-state index contributed by atoms with van der Waals surface area (Å²) in [7, 11) is -3.63. The first-order valence-corrected chi connectivity index (χ1v) is 11.4. The van der Waals surface area contributed by atoms with Crippen LogP contribution in [0.4, 0.5) is 13.2 Å². The predicted molar refractivity (Wildman–Crippen MR) is 106 cm³/mol. The predicted octanol–water partition coefficient (Wildman–Crippen LogP) is 4.80. The van der Waals surface area contributed by atoms with Crippen LogP contribution in [0.1, 0.15) is 57.1 Å². The molecule has 1 heterocycles. The van der Waals surface area contributed by atoms with Gasteiger partial charge in [0.05, 0.1) is 22.2 Å². The molecule has 2 aromatic carbocycles. The molecule has 4 rings (SSSR count). The summed E-state index contributed by atoms with van der Waals surface area (Å²) >= 11 is 0. The van der Waals surface area contributed by atoms with E-state index in [0.29, 0.717) is 5.76 Å². The molecule has 31 heavy (non-hydrogen) atoms. The molecule has 0 N–H and O–H groups in total. The van der Waals surface area contributed by atoms with Gasteiger partial charge >= 0.3 is 6.18 Å². The second kappa shape index (κ2) is 7.64. The van der Waals surface area contributed by atoms with E-state index < -0.39 is 27.4 Å². The molecule has 1 aliphatic rings. The molecular weight excluding hydrogens is 431 g/mol. The van der Waals surface area contributed by atoms with E-state index in [9.17, 15) is 26.4 Å². The van der Waals surface area contributed by atoms with Crippen LogP contribution >= 0.6 is 0 Å². The number of nitrogens with zero attached hydrogens (tertiary/aromatic N) is 1. The van der Waals surface area contributed by atoms with E-state index in [-0.39, 0.29) is 39.5 Å². The topological polar surface area (TPSA) is 77.2 Å². The van der Waals surface area contributed by atoms with Crippen LogP contribution in [-0.2, 0) is 22.4 Å². The minimum atomic E-state index is -4.58. The molecule has 162 valence electrons. The van der Waals surface area contributed by atoms with Crippen LogP contribution in [0.25, 0.3) is 0 Å². The maximum atomic E-state index is 13.5. The molecule has 0 saturated heterocycles. The van der Waals surface area contributed by atoms with Crippen molar-refractivity contribution >= 4 is 15.6 Å². The lowest BCUT2D eigenvalue weighted by Crippen LogP contribution is -2.12. The molecule has 5 nitrogen and oxygen atoms in total. The summed E-state index contributed by atoms with van der Waals surface area (Å²) < 4.78 is 69.7. The number of halogens is 3. The number of sulfone groups is 1. The Morgan fingerprint density at radius 1 is 1.10 bits per heavy atom. The highest BCUT2D eigenvalue weighted by atomic mass is 32.2. The minimum absolute atomic E-state index is 0.0533. The number of carbonyl (C=O) groups is 1. The monoisotopic (exact) mass is 449 g/mol. The van der Waals surface area contributed by atoms with Gasteiger partial charge in [-0.25, -0.2) is 8.42 Å². The van der Waals surface area contributed by atoms with Crippen LogP contribution in [0.2, 0.25) is 0 Å². The van der Waals surface area contributed by atoms with Crippen molar-refractivity contribution in [1.29, 1.82) is 0 Å². The van der Waals surface area contributed by atoms with E-state index >= 15 is 0 Å². The Labute approximate surface area is 176 Å². The van der Waals surface area contributed by atoms with Gasteiger partial charge in [0, 0.05) is 17.7 Å². The van der Waals surface area contributed by atoms with E-state index in [2.05, 4.69) is 5.16 Å². The number of benzene rings is 2. The van der Waals surface area contributed by atoms with Gasteiger partial charge < -0.3 is 4.52 Å². The van der Waals surface area contributed by atoms with Crippen molar-refractivity contribution in [2.24, 2.45) is 0 Å². The van der Waals surface area contributed by atoms with Gasteiger partial charge in [-0.1, -0.05) is 23.4 Å². The van der Waals surface area contributed by atoms with Crippen molar-refractivity contribution in [1.82, 2.24) is 5.16 Å². The number of carbonyl (C=O) groups excluding carboxylic acids is 1. The molecule has 0 spiro atoms. The van der Waals surface area contributed by atoms with Crippen LogP contribution in [0.3, 0.4) is 0 Å². The smallest absolute Gasteiger partial charge is 0.360 e. The summed E-state index contributed by atoms with van der Waals surface area (Å²) in [5, 5.41) is 3.71. The highest BCUT2D eigenvalue weighted by Crippen LogP contribution is 2.42. The number of hydrogen-bond acceptors (Lipinski definition) is 5. The molecular formula is C22H18F3NO4S. The minimum Gasteiger partial charge on any atom is -0.360 e. The van der Waals surface area contributed by atoms with E-state index in [1.54, 1.807) is 0 Å². The third kappa shape index (κ3) is 4.41. The summed E-state index contributed by atoms with van der Waals surface area (Å²) in [6.07, 6.45) is -0.800. The number of hydrogen-bond donors (Lipinski definition) is 0. The molecule has 1 saturated carbocycles. The quantitative estimate of drug-likeness (QED) is 0.506. The summed E-state index contributed by atoms with van der Waals surface area (Å²) in [6.45, 7) is 0. The van der Waals surface area contributed by atoms with Crippen LogP contribution in [0, 0.1) is 0 Å². The largest absolute Gasteiger partial charge is 0.416 e. The Morgan fingerprint density at radius 2 is 1.81 bits per heavy atom. The van der Waals surface area contributed by atoms with Gasteiger partial charge in [0.1, 0.15) is 0 Å². The van der Waals surface area contributed by atoms with Gasteiger partial charge in [-0.05, 0) is 54.7 Å². The molecule has 0 atom stereocenters. The Hall–Kier alpha value is -2.94. The molecule has 3 aromatic rings. The average molecular weight is 449 g/mol. The molecule has 0 aliphatic heterocycles. The second-order valence-corrected chi connectivity index (χ2v) is 9.65. The fourth-order valence-corrected chi connectivity index (χ4v) is 4.20. The Balaban J connectivity index is 1.82. The van der Waals surface area contributed by atoms with Gasteiger partial charge in [-0.15, -0.1) is 0 Å². The van der Waals surface area contributed by atoms with Crippen molar-refractivity contribution in [2.75, 3.05) is 6.26 Å². The molecule has 0 radical (unpaired) electrons. The second-order valence-electron chi connectivity index (χ2n) is 7.63. The van der Waals surface area contributed by atoms with Crippen molar-refractivity contribution in [3.05, 3.63) is 82.2 Å². The van der Waals surface area contributed by atoms with Crippen LogP contribution in [0.15, 0.2) is 58.1 Å². The van der Waals surface area contributed by atoms with Crippen LogP contribution in [0.5, 0.6) is 0 Å². The molecule has 1 aromatic heterocycles. The SMILES string of the molecule is CS(=O)(=O)c1ccc(C(=O)c2cnoc2C2CC2)c(Cc2ccccc2C(F)(F)F)c1. The number of aromatic nitrogens is 1. The van der Waals surface area contributed by atoms with Crippen LogP contribution < -0.4 is 0 Å². The molecule has 1 fully saturated rings. The van der Waals surface area contributed by atoms with Gasteiger partial charge in [-0.3, -0.25) is 4.79 Å². The highest BCUT2D eigenvalue weighted by molar-refractivity contribution is 7.90. The molecule has 1 aliphatic carbocycles. The Morgan fingerprint density at radius 3 is 2.45 bits per heavy atom. The maximum absolute atomic E-state index is 13.5. The lowest BCUT2D eigenvalue weighted by atomic mass is 9.92. The van der Waals surface area contributed by atoms with E-state index in [1.165, 1.54) is 42.6 Å². The summed E-state index contributed by atoms with van der Waals surface area (Å²) in [5.41, 5.74) is -0.328. The summed E-state index contributed by atoms with van der Waals surface area (Å²) in [5.74, 6) is 0.104. The number of ketones is 1. The lowest BCUT2D eigenvalue weighted by Gasteiger charge is -2.15. The first kappa shape index (κ1) is 21.3. The van der Waals surface area contributed by atoms with Gasteiger partial charge in [-0.2, -0.15) is 13.2 Å². The standard InChI is InChI=1S/C22H18F3NO4S/c1-31(28,29)16-8-9-17(20(27)18-12-26-30-21(18)13-6-7-13)15(11-16)10-14-4-2-3-5-19(14)22(23,24)25/h2-5,8-9,11-13H,6-7,10H2,1H3. The van der Waals surface area contributed by atoms with Crippen LogP contribution in [-0.4, -0.2) is 25.6 Å². The summed E-state index contributed by atoms with van der Waals surface area (Å²) in [4.78, 5) is 13.2. The maximum Gasteiger partial charge on any atom is 0.416 e. The molecule has 0 unspecified atom stereocenters. The normalized spacial score (nSPS) is 14.6. The van der Waals surface area contributed by atoms with Crippen molar-refractivity contribution in [3.63, 3.8) is 0 Å². The molecule has 0 bridgehead atoms. The van der Waals surface area contributed by atoms with Crippen molar-refractivity contribution in [3.8, 4) is 0 Å². The molecule has 9 heteroatoms. The fourth-order valence-electron chi connectivity index (χ4n) is 3.53. The third-order valence-corrected chi connectivity index (χ3v) is 6.35. The number of alkyl halides is 3. The van der Waals surface area contributed by atoms with E-state index in [4.69, 9.17) is 4.52 Å². The van der Waals surface area contributed by atoms with Gasteiger partial charge in [0.15, 0.2) is 21.4 Å². The Kier molecular flexibility index (Phi) is 5.25. The number of rotatable bonds is 6. The van der Waals surface area contributed by atoms with Crippen molar-refractivity contribution in [2.45, 2.75) is 36.3 Å². The van der Waals surface area contributed by atoms with E-state index in [1.807, 2.05) is 0 Å². The average Bonchev–Trinajstić information content (AvgIpc) is 3.42. The first-order valence-electron chi connectivity index (χ1n) is 9.53. The van der Waals surface area contributed by atoms with Gasteiger partial charge in [0.2, 0.25) is 0 Å². The highest BCUT2D eigenvalue weighted by Gasteiger charge is 2.35. The zero-order valence-corrected chi connectivity index (χ0v) is 17.3. The molecule has 0 amide bonds. The Bertz CT molecular complexity index is 1260. The van der Waals surface area contributed by atoms with E-state index in [0.717, 1.165) is 25.2 Å².